The van der Waals surface area contributed by atoms with Crippen LogP contribution >= 0.6 is 0 Å². The van der Waals surface area contributed by atoms with E-state index < -0.39 is 0 Å². The molecule has 3 atom stereocenters. The monoisotopic (exact) mass is 1680 g/mol. The summed E-state index contributed by atoms with van der Waals surface area (Å²) in [4.78, 5) is 54.1. The molecule has 4 fully saturated rings. The van der Waals surface area contributed by atoms with E-state index in [0.717, 1.165) is 239 Å². The van der Waals surface area contributed by atoms with Crippen LogP contribution in [-0.4, -0.2) is 182 Å². The van der Waals surface area contributed by atoms with Crippen molar-refractivity contribution >= 4 is 21.8 Å². The van der Waals surface area contributed by atoms with Crippen molar-refractivity contribution in [2.45, 2.75) is 168 Å². The van der Waals surface area contributed by atoms with Crippen molar-refractivity contribution in [3.8, 4) is 56.5 Å². The molecule has 8 N–H and O–H groups in total. The number of hydrogen-bond donors (Lipinski definition) is 8. The van der Waals surface area contributed by atoms with Crippen molar-refractivity contribution < 1.29 is 10.2 Å². The quantitative estimate of drug-likeness (QED) is 0.0209. The number of rotatable bonds is 30. The molecule has 4 aliphatic rings. The van der Waals surface area contributed by atoms with Crippen LogP contribution in [0.1, 0.15) is 134 Å². The Balaban J connectivity index is 0.000000130. The Hall–Kier alpha value is -11.6. The third kappa shape index (κ3) is 27.0. The van der Waals surface area contributed by atoms with Crippen LogP contribution in [0.4, 0.5) is 0 Å². The van der Waals surface area contributed by atoms with E-state index in [0.29, 0.717) is 35.7 Å². The third-order valence-electron chi connectivity index (χ3n) is 24.6. The predicted molar refractivity (Wildman–Crippen MR) is 511 cm³/mol. The fraction of sp³-hybridized carbons (Fsp3) is 0.358. The number of fused-ring (bicyclic) bond motifs is 2. The number of hydrogen-bond acceptors (Lipinski definition) is 18. The van der Waals surface area contributed by atoms with Crippen LogP contribution in [0, 0.1) is 0 Å². The fourth-order valence-corrected chi connectivity index (χ4v) is 17.8. The number of nitrogens with zero attached hydrogens (tertiary/aromatic N) is 12. The lowest BCUT2D eigenvalue weighted by Crippen LogP contribution is -2.49. The molecule has 8 aromatic carbocycles. The second-order valence-corrected chi connectivity index (χ2v) is 34.5. The summed E-state index contributed by atoms with van der Waals surface area (Å²) in [7, 11) is 0. The normalized spacial score (nSPS) is 16.5. The zero-order valence-corrected chi connectivity index (χ0v) is 74.0. The number of H-pyrrole nitrogens is 2. The van der Waals surface area contributed by atoms with Crippen molar-refractivity contribution in [3.05, 3.63) is 323 Å². The van der Waals surface area contributed by atoms with Crippen molar-refractivity contribution in [1.82, 2.24) is 90.7 Å². The van der Waals surface area contributed by atoms with Gasteiger partial charge >= 0.3 is 0 Å². The van der Waals surface area contributed by atoms with E-state index in [1.54, 1.807) is 24.3 Å². The third-order valence-corrected chi connectivity index (χ3v) is 24.6. The Morgan fingerprint density at radius 2 is 0.762 bits per heavy atom. The van der Waals surface area contributed by atoms with Gasteiger partial charge in [0.05, 0.1) is 22.8 Å². The summed E-state index contributed by atoms with van der Waals surface area (Å²) in [6.07, 6.45) is 25.5. The molecule has 0 saturated carbocycles. The molecule has 652 valence electrons. The SMILES string of the molecule is CCN(Cc1cccc(-c2ccnc(CCCc3ccc4[nH]ccc4c3)n2)c1)C1CCNCC1.C[C@@H]1CN(Cc2cccc(-c3ccnc(CCCc4ccc(O)cc4)n3)c2)CCN1.C[C@H]1CN(Cc2cccc(-c3ccnc(CCCc4ccc(O)cc4)n3)c2)CCN1.C[C@H]1CNCCN1Cc1cccc(-c2ccnc(CCCc3ccc4[nH]ccc4c3)n2)c1. The van der Waals surface area contributed by atoms with Gasteiger partial charge in [-0.05, 0) is 269 Å². The zero-order chi connectivity index (χ0) is 86.4. The summed E-state index contributed by atoms with van der Waals surface area (Å²) in [5.74, 6) is 4.23. The van der Waals surface area contributed by atoms with Crippen LogP contribution in [0.15, 0.2) is 256 Å². The average Bonchev–Trinajstić information content (AvgIpc) is 1.20. The van der Waals surface area contributed by atoms with Gasteiger partial charge in [-0.15, -0.1) is 0 Å². The number of aromatic amines is 2. The Morgan fingerprint density at radius 1 is 0.373 bits per heavy atom. The Labute approximate surface area is 744 Å². The second kappa shape index (κ2) is 46.1. The van der Waals surface area contributed by atoms with Crippen LogP contribution in [-0.2, 0) is 77.5 Å². The highest BCUT2D eigenvalue weighted by molar-refractivity contribution is 5.81. The van der Waals surface area contributed by atoms with Gasteiger partial charge in [0.15, 0.2) is 0 Å². The first-order valence-corrected chi connectivity index (χ1v) is 46.0. The molecule has 4 saturated heterocycles. The van der Waals surface area contributed by atoms with E-state index >= 15 is 0 Å². The highest BCUT2D eigenvalue weighted by Gasteiger charge is 2.23. The molecule has 6 aromatic heterocycles. The molecular weight excluding hydrogens is 1560 g/mol. The molecule has 0 amide bonds. The number of aromatic hydroxyl groups is 2. The molecule has 126 heavy (non-hydrogen) atoms. The van der Waals surface area contributed by atoms with Gasteiger partial charge in [0.2, 0.25) is 0 Å². The summed E-state index contributed by atoms with van der Waals surface area (Å²) < 4.78 is 0. The molecule has 10 heterocycles. The first-order valence-electron chi connectivity index (χ1n) is 46.0. The lowest BCUT2D eigenvalue weighted by Gasteiger charge is -2.34. The van der Waals surface area contributed by atoms with E-state index in [1.165, 1.54) is 90.3 Å². The van der Waals surface area contributed by atoms with Crippen LogP contribution in [0.25, 0.3) is 66.8 Å². The topological polar surface area (TPSA) is 236 Å². The minimum atomic E-state index is 0.309. The second-order valence-electron chi connectivity index (χ2n) is 34.5. The van der Waals surface area contributed by atoms with Gasteiger partial charge in [0.25, 0.3) is 0 Å². The predicted octanol–water partition coefficient (Wildman–Crippen LogP) is 17.6. The Bertz CT molecular complexity index is 5530. The lowest BCUT2D eigenvalue weighted by atomic mass is 10.0. The summed E-state index contributed by atoms with van der Waals surface area (Å²) >= 11 is 0. The number of piperidine rings is 1. The number of phenolic OH excluding ortho intramolecular Hbond substituents is 2. The van der Waals surface area contributed by atoms with Gasteiger partial charge in [-0.3, -0.25) is 19.6 Å². The standard InChI is InChI=1S/C29H35N5.C27H31N5.2C25H30N4O/c1-2-34(26-12-15-30-16-13-26)21-23-6-3-7-24(20-23)28-14-18-32-29(33-28)8-4-5-22-9-10-27-25(19-22)11-17-31-27;1-20-18-28-14-15-32(20)19-22-5-2-6-23(17-22)26-11-13-30-27(31-26)7-3-4-21-8-9-25-24(16-21)10-12-29-25;2*1-19-17-29(15-14-26-19)18-21-5-2-6-22(16-21)24-12-13-27-25(28-24)7-3-4-20-8-10-23(30)11-9-20/h3,6-7,9-11,14,17-20,26,30-31H,2,4-5,8,12-13,15-16,21H2,1H3;2,5-6,8-13,16-17,20,28-29H,3-4,7,14-15,18-19H2,1H3;2*2,5-6,8-13,16,19,26,30H,3-4,7,14-15,17-18H2,1H3/t;20-;2*19-/m.010/s1. The van der Waals surface area contributed by atoms with Gasteiger partial charge in [-0.2, -0.15) is 0 Å². The lowest BCUT2D eigenvalue weighted by molar-refractivity contribution is 0.162. The van der Waals surface area contributed by atoms with Gasteiger partial charge in [0.1, 0.15) is 34.8 Å². The Morgan fingerprint density at radius 3 is 1.17 bits per heavy atom. The maximum absolute atomic E-state index is 9.40. The molecule has 0 aliphatic carbocycles. The number of nitrogens with one attached hydrogen (secondary N) is 6. The van der Waals surface area contributed by atoms with E-state index in [1.807, 2.05) is 85.7 Å². The van der Waals surface area contributed by atoms with Crippen molar-refractivity contribution in [2.75, 3.05) is 78.5 Å². The van der Waals surface area contributed by atoms with Gasteiger partial charge in [-0.1, -0.05) is 116 Å². The molecule has 14 aromatic rings. The van der Waals surface area contributed by atoms with E-state index in [2.05, 4.69) is 244 Å². The van der Waals surface area contributed by atoms with Crippen molar-refractivity contribution in [2.24, 2.45) is 0 Å². The fourth-order valence-electron chi connectivity index (χ4n) is 17.8. The van der Waals surface area contributed by atoms with Crippen molar-refractivity contribution in [3.63, 3.8) is 0 Å². The summed E-state index contributed by atoms with van der Waals surface area (Å²) in [5.41, 5.74) is 21.6. The molecule has 20 heteroatoms. The van der Waals surface area contributed by atoms with E-state index in [9.17, 15) is 10.2 Å². The van der Waals surface area contributed by atoms with Gasteiger partial charge < -0.3 is 41.4 Å². The Kier molecular flexibility index (Phi) is 32.6. The summed E-state index contributed by atoms with van der Waals surface area (Å²) in [5, 5.41) is 35.3. The number of aryl methyl sites for hydroxylation is 8. The van der Waals surface area contributed by atoms with Crippen LogP contribution in [0.3, 0.4) is 0 Å². The first-order chi connectivity index (χ1) is 61.8. The number of piperazine rings is 3. The van der Waals surface area contributed by atoms with Gasteiger partial charge in [-0.25, -0.2) is 39.9 Å². The van der Waals surface area contributed by atoms with Crippen LogP contribution in [0.2, 0.25) is 0 Å². The first kappa shape index (κ1) is 89.3. The molecular formula is C106H126N18O2. The highest BCUT2D eigenvalue weighted by Crippen LogP contribution is 2.28. The zero-order valence-electron chi connectivity index (χ0n) is 74.0. The van der Waals surface area contributed by atoms with E-state index in [-0.39, 0.29) is 0 Å². The smallest absolute Gasteiger partial charge is 0.128 e. The maximum Gasteiger partial charge on any atom is 0.128 e. The van der Waals surface area contributed by atoms with Crippen molar-refractivity contribution in [1.29, 1.82) is 0 Å². The molecule has 0 unspecified atom stereocenters. The maximum atomic E-state index is 9.40. The molecule has 0 radical (unpaired) electrons. The number of phenols is 2. The number of aromatic nitrogens is 10. The molecule has 18 rings (SSSR count). The number of benzene rings is 8. The highest BCUT2D eigenvalue weighted by atomic mass is 16.3. The molecule has 0 bridgehead atoms. The van der Waals surface area contributed by atoms with E-state index in [4.69, 9.17) is 19.9 Å². The van der Waals surface area contributed by atoms with Crippen LogP contribution < -0.4 is 21.3 Å². The molecule has 4 aliphatic heterocycles. The molecule has 0 spiro atoms. The largest absolute Gasteiger partial charge is 0.508 e. The summed E-state index contributed by atoms with van der Waals surface area (Å²) in [6.45, 7) is 26.0. The average molecular weight is 1680 g/mol. The van der Waals surface area contributed by atoms with Gasteiger partial charge in [0, 0.05) is 205 Å². The minimum absolute atomic E-state index is 0.309. The van der Waals surface area contributed by atoms with Crippen LogP contribution in [0.5, 0.6) is 11.5 Å². The molecule has 20 nitrogen and oxygen atoms in total. The minimum Gasteiger partial charge on any atom is -0.508 e. The summed E-state index contributed by atoms with van der Waals surface area (Å²) in [6, 6.07) is 77.9.